The molecule has 1 aliphatic carbocycles. The summed E-state index contributed by atoms with van der Waals surface area (Å²) in [6, 6.07) is 12.7. The number of likely N-dealkylation sites (tertiary alicyclic amines) is 1. The average molecular weight is 392 g/mol. The monoisotopic (exact) mass is 391 g/mol. The van der Waals surface area contributed by atoms with Crippen LogP contribution >= 0.6 is 0 Å². The molecule has 152 valence electrons. The highest BCUT2D eigenvalue weighted by Gasteiger charge is 2.46. The molecule has 1 unspecified atom stereocenters. The van der Waals surface area contributed by atoms with Crippen LogP contribution in [0.5, 0.6) is 0 Å². The number of rotatable bonds is 7. The lowest BCUT2D eigenvalue weighted by atomic mass is 9.79. The minimum atomic E-state index is -0.524. The third kappa shape index (κ3) is 4.50. The summed E-state index contributed by atoms with van der Waals surface area (Å²) >= 11 is 0. The highest BCUT2D eigenvalue weighted by molar-refractivity contribution is 5.86. The number of nitrogens with zero attached hydrogens (tertiary/aromatic N) is 2. The third-order valence-corrected chi connectivity index (χ3v) is 6.07. The molecule has 1 atom stereocenters. The van der Waals surface area contributed by atoms with E-state index in [1.54, 1.807) is 12.4 Å². The first kappa shape index (κ1) is 19.6. The molecule has 1 N–H and O–H groups in total. The Kier molecular flexibility index (Phi) is 5.65. The molecule has 2 amide bonds. The van der Waals surface area contributed by atoms with E-state index < -0.39 is 5.41 Å². The van der Waals surface area contributed by atoms with Crippen molar-refractivity contribution in [3.05, 3.63) is 54.4 Å². The van der Waals surface area contributed by atoms with E-state index in [2.05, 4.69) is 34.6 Å². The number of hydrogen-bond acceptors (Lipinski definition) is 3. The van der Waals surface area contributed by atoms with Crippen molar-refractivity contribution in [1.29, 1.82) is 0 Å². The molecule has 0 spiro atoms. The molecule has 5 heteroatoms. The smallest absolute Gasteiger partial charge is 0.228 e. The molecule has 4 rings (SSSR count). The molecular formula is C24H29N3O2. The van der Waals surface area contributed by atoms with Crippen molar-refractivity contribution in [1.82, 2.24) is 15.2 Å². The van der Waals surface area contributed by atoms with Crippen LogP contribution in [0.4, 0.5) is 0 Å². The van der Waals surface area contributed by atoms with Gasteiger partial charge in [0.15, 0.2) is 0 Å². The zero-order chi connectivity index (χ0) is 20.3. The van der Waals surface area contributed by atoms with Gasteiger partial charge in [-0.3, -0.25) is 14.6 Å². The number of carbonyl (C=O) groups excluding carboxylic acids is 2. The van der Waals surface area contributed by atoms with E-state index in [4.69, 9.17) is 0 Å². The molecule has 0 bridgehead atoms. The fourth-order valence-electron chi connectivity index (χ4n) is 4.18. The van der Waals surface area contributed by atoms with E-state index in [9.17, 15) is 9.59 Å². The Morgan fingerprint density at radius 2 is 1.79 bits per heavy atom. The van der Waals surface area contributed by atoms with Gasteiger partial charge < -0.3 is 10.2 Å². The Bertz CT molecular complexity index is 861. The van der Waals surface area contributed by atoms with E-state index in [-0.39, 0.29) is 11.8 Å². The maximum Gasteiger partial charge on any atom is 0.228 e. The van der Waals surface area contributed by atoms with Gasteiger partial charge in [0.05, 0.1) is 5.41 Å². The summed E-state index contributed by atoms with van der Waals surface area (Å²) in [6.07, 6.45) is 8.52. The van der Waals surface area contributed by atoms with Gasteiger partial charge >= 0.3 is 0 Å². The van der Waals surface area contributed by atoms with Crippen molar-refractivity contribution >= 4 is 11.8 Å². The average Bonchev–Trinajstić information content (AvgIpc) is 3.45. The van der Waals surface area contributed by atoms with Crippen LogP contribution < -0.4 is 5.32 Å². The van der Waals surface area contributed by atoms with Crippen LogP contribution in [0.15, 0.2) is 48.8 Å². The normalized spacial score (nSPS) is 21.2. The fraction of sp³-hybridized carbons (Fsp3) is 0.458. The summed E-state index contributed by atoms with van der Waals surface area (Å²) in [5.41, 5.74) is 2.88. The van der Waals surface area contributed by atoms with Crippen molar-refractivity contribution in [2.45, 2.75) is 51.5 Å². The first-order valence-corrected chi connectivity index (χ1v) is 10.7. The van der Waals surface area contributed by atoms with E-state index in [1.807, 2.05) is 24.0 Å². The quantitative estimate of drug-likeness (QED) is 0.785. The first-order valence-electron chi connectivity index (χ1n) is 10.7. The zero-order valence-corrected chi connectivity index (χ0v) is 17.1. The Labute approximate surface area is 172 Å². The molecule has 1 saturated heterocycles. The Morgan fingerprint density at radius 3 is 2.45 bits per heavy atom. The molecule has 1 aromatic heterocycles. The summed E-state index contributed by atoms with van der Waals surface area (Å²) < 4.78 is 0. The van der Waals surface area contributed by atoms with Crippen molar-refractivity contribution < 1.29 is 9.59 Å². The lowest BCUT2D eigenvalue weighted by Gasteiger charge is -2.28. The van der Waals surface area contributed by atoms with Crippen molar-refractivity contribution in [2.24, 2.45) is 5.41 Å². The molecule has 2 fully saturated rings. The molecule has 2 aromatic rings. The molecule has 1 saturated carbocycles. The molecule has 0 radical (unpaired) electrons. The largest absolute Gasteiger partial charge is 0.353 e. The van der Waals surface area contributed by atoms with Crippen LogP contribution in [0, 0.1) is 5.41 Å². The van der Waals surface area contributed by atoms with Gasteiger partial charge in [0.2, 0.25) is 11.8 Å². The minimum Gasteiger partial charge on any atom is -0.353 e. The second kappa shape index (κ2) is 8.36. The highest BCUT2D eigenvalue weighted by Crippen LogP contribution is 2.36. The molecule has 2 heterocycles. The third-order valence-electron chi connectivity index (χ3n) is 6.07. The SMILES string of the molecule is CCCC(=O)N1CCC(Cc2ccc(-c3ccncc3)cc2)(C(=O)NC2CC2)C1. The van der Waals surface area contributed by atoms with Crippen LogP contribution in [0.2, 0.25) is 0 Å². The Hall–Kier alpha value is -2.69. The summed E-state index contributed by atoms with van der Waals surface area (Å²) in [5, 5.41) is 3.20. The topological polar surface area (TPSA) is 62.3 Å². The molecule has 2 aliphatic rings. The summed E-state index contributed by atoms with van der Waals surface area (Å²) in [5.74, 6) is 0.284. The number of pyridine rings is 1. The van der Waals surface area contributed by atoms with E-state index in [1.165, 1.54) is 0 Å². The van der Waals surface area contributed by atoms with Crippen molar-refractivity contribution in [3.63, 3.8) is 0 Å². The van der Waals surface area contributed by atoms with Gasteiger partial charge in [-0.15, -0.1) is 0 Å². The van der Waals surface area contributed by atoms with E-state index >= 15 is 0 Å². The predicted molar refractivity (Wildman–Crippen MR) is 113 cm³/mol. The van der Waals surface area contributed by atoms with Crippen LogP contribution in [-0.2, 0) is 16.0 Å². The number of amides is 2. The standard InChI is InChI=1S/C24H29N3O2/c1-2-3-22(28)27-15-12-24(17-27,23(29)26-21-8-9-21)16-18-4-6-19(7-5-18)20-10-13-25-14-11-20/h4-7,10-11,13-14,21H,2-3,8-9,12,15-17H2,1H3,(H,26,29). The second-order valence-corrected chi connectivity index (χ2v) is 8.45. The van der Waals surface area contributed by atoms with Gasteiger partial charge in [-0.2, -0.15) is 0 Å². The molecular weight excluding hydrogens is 362 g/mol. The van der Waals surface area contributed by atoms with Crippen molar-refractivity contribution in [3.8, 4) is 11.1 Å². The highest BCUT2D eigenvalue weighted by atomic mass is 16.2. The number of carbonyl (C=O) groups is 2. The van der Waals surface area contributed by atoms with Gasteiger partial charge in [-0.1, -0.05) is 31.2 Å². The number of nitrogens with one attached hydrogen (secondary N) is 1. The predicted octanol–water partition coefficient (Wildman–Crippen LogP) is 3.59. The molecule has 1 aromatic carbocycles. The van der Waals surface area contributed by atoms with Crippen LogP contribution in [0.25, 0.3) is 11.1 Å². The zero-order valence-electron chi connectivity index (χ0n) is 17.1. The maximum absolute atomic E-state index is 13.2. The first-order chi connectivity index (χ1) is 14.1. The van der Waals surface area contributed by atoms with Crippen LogP contribution in [0.1, 0.15) is 44.6 Å². The minimum absolute atomic E-state index is 0.116. The number of benzene rings is 1. The van der Waals surface area contributed by atoms with Gasteiger partial charge in [0.25, 0.3) is 0 Å². The molecule has 5 nitrogen and oxygen atoms in total. The maximum atomic E-state index is 13.2. The number of hydrogen-bond donors (Lipinski definition) is 1. The summed E-state index contributed by atoms with van der Waals surface area (Å²) in [7, 11) is 0. The fourth-order valence-corrected chi connectivity index (χ4v) is 4.18. The van der Waals surface area contributed by atoms with Crippen molar-refractivity contribution in [2.75, 3.05) is 13.1 Å². The van der Waals surface area contributed by atoms with Crippen LogP contribution in [0.3, 0.4) is 0 Å². The molecule has 1 aliphatic heterocycles. The number of aromatic nitrogens is 1. The van der Waals surface area contributed by atoms with E-state index in [0.29, 0.717) is 32.0 Å². The summed E-state index contributed by atoms with van der Waals surface area (Å²) in [4.78, 5) is 31.6. The van der Waals surface area contributed by atoms with Gasteiger partial charge in [-0.05, 0) is 60.9 Å². The van der Waals surface area contributed by atoms with E-state index in [0.717, 1.165) is 42.4 Å². The lowest BCUT2D eigenvalue weighted by molar-refractivity contribution is -0.133. The van der Waals surface area contributed by atoms with Crippen LogP contribution in [-0.4, -0.2) is 40.8 Å². The Balaban J connectivity index is 1.52. The summed E-state index contributed by atoms with van der Waals surface area (Å²) in [6.45, 7) is 3.22. The van der Waals surface area contributed by atoms with Gasteiger partial charge in [0.1, 0.15) is 0 Å². The molecule has 29 heavy (non-hydrogen) atoms. The van der Waals surface area contributed by atoms with Gasteiger partial charge in [-0.25, -0.2) is 0 Å². The Morgan fingerprint density at radius 1 is 1.10 bits per heavy atom. The lowest BCUT2D eigenvalue weighted by Crippen LogP contribution is -2.46. The second-order valence-electron chi connectivity index (χ2n) is 8.45. The van der Waals surface area contributed by atoms with Gasteiger partial charge in [0, 0.05) is 37.9 Å².